The molecule has 2 heterocycles. The number of para-hydroxylation sites is 2. The highest BCUT2D eigenvalue weighted by molar-refractivity contribution is 5.74. The largest absolute Gasteiger partial charge is 0.445 e. The van der Waals surface area contributed by atoms with Crippen LogP contribution in [0.25, 0.3) is 11.0 Å². The summed E-state index contributed by atoms with van der Waals surface area (Å²) >= 11 is 0. The smallest absolute Gasteiger partial charge is 0.234 e. The predicted octanol–water partition coefficient (Wildman–Crippen LogP) is 1.45. The molecule has 0 atom stereocenters. The Morgan fingerprint density at radius 2 is 2.31 bits per heavy atom. The molecule has 0 fully saturated rings. The van der Waals surface area contributed by atoms with Gasteiger partial charge in [0.2, 0.25) is 12.2 Å². The highest BCUT2D eigenvalue weighted by Gasteiger charge is 2.04. The van der Waals surface area contributed by atoms with E-state index in [0.29, 0.717) is 5.89 Å². The second-order valence-electron chi connectivity index (χ2n) is 3.19. The lowest BCUT2D eigenvalue weighted by atomic mass is 10.3. The van der Waals surface area contributed by atoms with Crippen molar-refractivity contribution in [3.8, 4) is 0 Å². The van der Waals surface area contributed by atoms with E-state index >= 15 is 0 Å². The van der Waals surface area contributed by atoms with Crippen LogP contribution in [0, 0.1) is 6.33 Å². The highest BCUT2D eigenvalue weighted by atomic mass is 16.7. The van der Waals surface area contributed by atoms with Crippen molar-refractivity contribution in [1.29, 1.82) is 0 Å². The molecule has 0 N–H and O–H groups in total. The summed E-state index contributed by atoms with van der Waals surface area (Å²) in [4.78, 5) is 13.5. The molecule has 0 saturated heterocycles. The van der Waals surface area contributed by atoms with Crippen LogP contribution in [0.4, 0.5) is 0 Å². The number of rotatable bonds is 3. The molecule has 0 aliphatic carbocycles. The Labute approximate surface area is 91.3 Å². The molecule has 79 valence electrons. The normalized spacial score (nSPS) is 10.8. The van der Waals surface area contributed by atoms with Gasteiger partial charge in [0.25, 0.3) is 0 Å². The molecule has 0 spiro atoms. The van der Waals surface area contributed by atoms with Gasteiger partial charge >= 0.3 is 0 Å². The number of benzene rings is 1. The molecular formula is C11H8N3O2. The summed E-state index contributed by atoms with van der Waals surface area (Å²) in [5.41, 5.74) is 1.71. The Hall–Kier alpha value is -2.30. The van der Waals surface area contributed by atoms with E-state index in [9.17, 15) is 0 Å². The van der Waals surface area contributed by atoms with Gasteiger partial charge in [-0.2, -0.15) is 4.73 Å². The molecule has 5 nitrogen and oxygen atoms in total. The van der Waals surface area contributed by atoms with Crippen LogP contribution in [-0.2, 0) is 6.61 Å². The number of hydrogen-bond acceptors (Lipinski definition) is 4. The van der Waals surface area contributed by atoms with Gasteiger partial charge in [-0.15, -0.1) is 0 Å². The van der Waals surface area contributed by atoms with Gasteiger partial charge in [0.1, 0.15) is 11.8 Å². The van der Waals surface area contributed by atoms with Crippen molar-refractivity contribution in [3.05, 3.63) is 48.9 Å². The molecule has 0 aliphatic heterocycles. The lowest BCUT2D eigenvalue weighted by molar-refractivity contribution is 0.0881. The number of fused-ring (bicyclic) bond motifs is 1. The number of nitrogens with zero attached hydrogens (tertiary/aromatic N) is 3. The maximum absolute atomic E-state index is 5.45. The van der Waals surface area contributed by atoms with Crippen LogP contribution >= 0.6 is 0 Å². The van der Waals surface area contributed by atoms with E-state index in [0.717, 1.165) is 11.0 Å². The van der Waals surface area contributed by atoms with Gasteiger partial charge < -0.3 is 9.25 Å². The minimum Gasteiger partial charge on any atom is -0.445 e. The first-order valence-corrected chi connectivity index (χ1v) is 4.80. The van der Waals surface area contributed by atoms with Crippen LogP contribution in [0.3, 0.4) is 0 Å². The lowest BCUT2D eigenvalue weighted by Crippen LogP contribution is -2.10. The summed E-state index contributed by atoms with van der Waals surface area (Å²) in [5, 5.41) is 0. The molecule has 3 aromatic rings. The summed E-state index contributed by atoms with van der Waals surface area (Å²) in [7, 11) is 0. The topological polar surface area (TPSA) is 53.1 Å². The zero-order valence-electron chi connectivity index (χ0n) is 8.33. The summed E-state index contributed by atoms with van der Waals surface area (Å²) < 4.78 is 6.55. The van der Waals surface area contributed by atoms with Gasteiger partial charge in [0, 0.05) is 0 Å². The lowest BCUT2D eigenvalue weighted by Gasteiger charge is -2.03. The van der Waals surface area contributed by atoms with Crippen LogP contribution in [0.5, 0.6) is 0 Å². The third-order valence-electron chi connectivity index (χ3n) is 2.16. The number of oxazole rings is 1. The van der Waals surface area contributed by atoms with E-state index in [4.69, 9.17) is 9.25 Å². The minimum atomic E-state index is 0.254. The fourth-order valence-electron chi connectivity index (χ4n) is 1.43. The molecule has 1 aromatic carbocycles. The Morgan fingerprint density at radius 1 is 1.38 bits per heavy atom. The van der Waals surface area contributed by atoms with Crippen molar-refractivity contribution in [2.75, 3.05) is 0 Å². The Kier molecular flexibility index (Phi) is 2.07. The van der Waals surface area contributed by atoms with E-state index < -0.39 is 0 Å². The van der Waals surface area contributed by atoms with Crippen molar-refractivity contribution < 1.29 is 9.25 Å². The number of hydrogen-bond donors (Lipinski definition) is 0. The fraction of sp³-hybridized carbons (Fsp3) is 0.0909. The molecule has 3 rings (SSSR count). The molecule has 0 bridgehead atoms. The van der Waals surface area contributed by atoms with Crippen molar-refractivity contribution in [3.63, 3.8) is 0 Å². The van der Waals surface area contributed by atoms with Crippen LogP contribution in [0.2, 0.25) is 0 Å². The predicted molar refractivity (Wildman–Crippen MR) is 55.4 cm³/mol. The van der Waals surface area contributed by atoms with Crippen LogP contribution in [0.15, 0.2) is 41.1 Å². The second-order valence-corrected chi connectivity index (χ2v) is 3.19. The Morgan fingerprint density at radius 3 is 3.19 bits per heavy atom. The average Bonchev–Trinajstić information content (AvgIpc) is 2.96. The molecule has 0 saturated carbocycles. The van der Waals surface area contributed by atoms with Crippen molar-refractivity contribution >= 4 is 11.0 Å². The Balaban J connectivity index is 1.84. The molecule has 1 radical (unpaired) electrons. The first-order chi connectivity index (χ1) is 7.93. The van der Waals surface area contributed by atoms with Crippen LogP contribution < -0.4 is 4.84 Å². The quantitative estimate of drug-likeness (QED) is 0.662. The minimum absolute atomic E-state index is 0.254. The fourth-order valence-corrected chi connectivity index (χ4v) is 1.43. The maximum atomic E-state index is 5.45. The SMILES string of the molecule is [c]1nc2ccccc2n1OCc1ncco1. The maximum Gasteiger partial charge on any atom is 0.234 e. The standard InChI is InChI=1S/C11H8N3O2/c1-2-4-10-9(3-1)13-8-14(10)16-7-11-12-5-6-15-11/h1-6H,7H2. The average molecular weight is 214 g/mol. The van der Waals surface area contributed by atoms with E-state index in [1.54, 1.807) is 6.20 Å². The van der Waals surface area contributed by atoms with Gasteiger partial charge in [0.05, 0.1) is 11.7 Å². The molecule has 16 heavy (non-hydrogen) atoms. The van der Waals surface area contributed by atoms with Crippen molar-refractivity contribution in [2.24, 2.45) is 0 Å². The summed E-state index contributed by atoms with van der Waals surface area (Å²) in [6, 6.07) is 7.65. The van der Waals surface area contributed by atoms with Crippen LogP contribution in [0.1, 0.15) is 5.89 Å². The summed E-state index contributed by atoms with van der Waals surface area (Å²) in [5.74, 6) is 0.520. The van der Waals surface area contributed by atoms with Gasteiger partial charge in [0.15, 0.2) is 6.61 Å². The summed E-state index contributed by atoms with van der Waals surface area (Å²) in [6.45, 7) is 0.254. The second kappa shape index (κ2) is 3.69. The molecule has 5 heteroatoms. The Bertz CT molecular complexity index is 586. The third-order valence-corrected chi connectivity index (χ3v) is 2.16. The van der Waals surface area contributed by atoms with Crippen LogP contribution in [-0.4, -0.2) is 14.7 Å². The first kappa shape index (κ1) is 8.96. The molecule has 0 amide bonds. The molecule has 2 aromatic heterocycles. The summed E-state index contributed by atoms with van der Waals surface area (Å²) in [6.07, 6.45) is 5.84. The van der Waals surface area contributed by atoms with E-state index in [1.165, 1.54) is 11.0 Å². The number of imidazole rings is 1. The molecule has 0 aliphatic rings. The van der Waals surface area contributed by atoms with Gasteiger partial charge in [-0.3, -0.25) is 0 Å². The number of aromatic nitrogens is 3. The highest BCUT2D eigenvalue weighted by Crippen LogP contribution is 2.10. The van der Waals surface area contributed by atoms with Crippen molar-refractivity contribution in [1.82, 2.24) is 14.7 Å². The zero-order valence-corrected chi connectivity index (χ0v) is 8.33. The zero-order chi connectivity index (χ0) is 10.8. The monoisotopic (exact) mass is 214 g/mol. The van der Waals surface area contributed by atoms with Gasteiger partial charge in [-0.1, -0.05) is 12.1 Å². The van der Waals surface area contributed by atoms with Gasteiger partial charge in [-0.25, -0.2) is 9.97 Å². The molecule has 0 unspecified atom stereocenters. The van der Waals surface area contributed by atoms with E-state index in [2.05, 4.69) is 16.3 Å². The molecular weight excluding hydrogens is 206 g/mol. The van der Waals surface area contributed by atoms with E-state index in [-0.39, 0.29) is 6.61 Å². The van der Waals surface area contributed by atoms with E-state index in [1.807, 2.05) is 24.3 Å². The first-order valence-electron chi connectivity index (χ1n) is 4.80. The van der Waals surface area contributed by atoms with Crippen molar-refractivity contribution in [2.45, 2.75) is 6.61 Å². The third kappa shape index (κ3) is 1.52. The van der Waals surface area contributed by atoms with Gasteiger partial charge in [-0.05, 0) is 12.1 Å².